The van der Waals surface area contributed by atoms with Crippen molar-refractivity contribution in [2.24, 2.45) is 0 Å². The molecule has 0 aromatic heterocycles. The Bertz CT molecular complexity index is 662. The Kier molecular flexibility index (Phi) is 2.71. The van der Waals surface area contributed by atoms with Gasteiger partial charge in [-0.1, -0.05) is 0 Å². The molecule has 0 saturated carbocycles. The van der Waals surface area contributed by atoms with E-state index in [1.165, 1.54) is 0 Å². The van der Waals surface area contributed by atoms with Gasteiger partial charge in [-0.2, -0.15) is 13.2 Å². The molecule has 0 radical (unpaired) electrons. The number of hydrogen-bond donors (Lipinski definition) is 1. The Morgan fingerprint density at radius 1 is 1.21 bits per heavy atom. The van der Waals surface area contributed by atoms with Crippen LogP contribution in [0.2, 0.25) is 0 Å². The van der Waals surface area contributed by atoms with E-state index in [9.17, 15) is 26.4 Å². The number of alkyl halides is 3. The summed E-state index contributed by atoms with van der Waals surface area (Å²) in [5.74, 6) is -0.764. The molecule has 0 bridgehead atoms. The molecular weight excluding hydrogens is 283 g/mol. The van der Waals surface area contributed by atoms with Crippen molar-refractivity contribution in [2.75, 3.05) is 5.32 Å². The van der Waals surface area contributed by atoms with Crippen LogP contribution in [-0.2, 0) is 20.8 Å². The van der Waals surface area contributed by atoms with Crippen molar-refractivity contribution in [3.63, 3.8) is 0 Å². The molecule has 1 aromatic carbocycles. The van der Waals surface area contributed by atoms with E-state index in [1.54, 1.807) is 0 Å². The molecule has 8 heteroatoms. The molecule has 1 aliphatic rings. The van der Waals surface area contributed by atoms with Crippen molar-refractivity contribution in [1.29, 1.82) is 0 Å². The highest BCUT2D eigenvalue weighted by Gasteiger charge is 2.48. The summed E-state index contributed by atoms with van der Waals surface area (Å²) in [5.41, 5.74) is -1.20. The van der Waals surface area contributed by atoms with Crippen molar-refractivity contribution in [2.45, 2.75) is 29.7 Å². The summed E-state index contributed by atoms with van der Waals surface area (Å²) < 4.78 is 60.4. The van der Waals surface area contributed by atoms with Crippen molar-refractivity contribution in [3.8, 4) is 0 Å². The number of benzene rings is 1. The van der Waals surface area contributed by atoms with Crippen LogP contribution in [0.3, 0.4) is 0 Å². The van der Waals surface area contributed by atoms with Crippen LogP contribution in [0.4, 0.5) is 18.9 Å². The standard InChI is InChI=1S/C11H10F3NO3S/c1-10(2)9(16)15-7-4-3-6(11(12,13)14)5-8(7)19(10,17)18/h3-5H,1-2H3,(H,15,16). The molecule has 19 heavy (non-hydrogen) atoms. The van der Waals surface area contributed by atoms with Gasteiger partial charge >= 0.3 is 6.18 Å². The van der Waals surface area contributed by atoms with Gasteiger partial charge in [0.1, 0.15) is 4.75 Å². The summed E-state index contributed by atoms with van der Waals surface area (Å²) in [6.45, 7) is 2.31. The number of carbonyl (C=O) groups is 1. The first kappa shape index (κ1) is 13.9. The van der Waals surface area contributed by atoms with Crippen molar-refractivity contribution in [1.82, 2.24) is 0 Å². The van der Waals surface area contributed by atoms with Crippen LogP contribution in [0.1, 0.15) is 19.4 Å². The van der Waals surface area contributed by atoms with Crippen molar-refractivity contribution in [3.05, 3.63) is 23.8 Å². The van der Waals surface area contributed by atoms with Gasteiger partial charge in [-0.05, 0) is 32.0 Å². The lowest BCUT2D eigenvalue weighted by Gasteiger charge is -2.30. The number of halogens is 3. The smallest absolute Gasteiger partial charge is 0.324 e. The second kappa shape index (κ2) is 3.72. The highest BCUT2D eigenvalue weighted by atomic mass is 32.2. The molecule has 4 nitrogen and oxygen atoms in total. The summed E-state index contributed by atoms with van der Waals surface area (Å²) in [6.07, 6.45) is -4.64. The quantitative estimate of drug-likeness (QED) is 0.797. The number of hydrogen-bond acceptors (Lipinski definition) is 3. The largest absolute Gasteiger partial charge is 0.416 e. The van der Waals surface area contributed by atoms with Crippen LogP contribution >= 0.6 is 0 Å². The molecule has 0 spiro atoms. The van der Waals surface area contributed by atoms with Crippen LogP contribution < -0.4 is 5.32 Å². The molecule has 1 N–H and O–H groups in total. The normalized spacial score (nSPS) is 20.6. The minimum Gasteiger partial charge on any atom is -0.324 e. The lowest BCUT2D eigenvalue weighted by Crippen LogP contribution is -2.48. The maximum atomic E-state index is 12.6. The van der Waals surface area contributed by atoms with Gasteiger partial charge in [0.2, 0.25) is 5.91 Å². The summed E-state index contributed by atoms with van der Waals surface area (Å²) >= 11 is 0. The van der Waals surface area contributed by atoms with Gasteiger partial charge in [0.15, 0.2) is 9.84 Å². The number of fused-ring (bicyclic) bond motifs is 1. The molecule has 1 aromatic rings. The summed E-state index contributed by atoms with van der Waals surface area (Å²) in [7, 11) is -4.16. The van der Waals surface area contributed by atoms with Gasteiger partial charge < -0.3 is 5.32 Å². The molecule has 0 atom stereocenters. The van der Waals surface area contributed by atoms with Crippen LogP contribution in [0, 0.1) is 0 Å². The highest BCUT2D eigenvalue weighted by Crippen LogP contribution is 2.40. The predicted molar refractivity (Wildman–Crippen MR) is 61.3 cm³/mol. The predicted octanol–water partition coefficient (Wildman–Crippen LogP) is 2.21. The fourth-order valence-corrected chi connectivity index (χ4v) is 3.23. The fourth-order valence-electron chi connectivity index (χ4n) is 1.69. The molecule has 104 valence electrons. The van der Waals surface area contributed by atoms with E-state index in [0.717, 1.165) is 26.0 Å². The van der Waals surface area contributed by atoms with E-state index in [-0.39, 0.29) is 5.69 Å². The fraction of sp³-hybridized carbons (Fsp3) is 0.364. The van der Waals surface area contributed by atoms with Gasteiger partial charge in [0, 0.05) is 0 Å². The van der Waals surface area contributed by atoms with Gasteiger partial charge in [-0.25, -0.2) is 8.42 Å². The molecule has 2 rings (SSSR count). The van der Waals surface area contributed by atoms with Crippen LogP contribution in [0.15, 0.2) is 23.1 Å². The second-order valence-corrected chi connectivity index (χ2v) is 7.14. The minimum absolute atomic E-state index is 0.127. The SMILES string of the molecule is CC1(C)C(=O)Nc2ccc(C(F)(F)F)cc2S1(=O)=O. The lowest BCUT2D eigenvalue weighted by atomic mass is 10.1. The monoisotopic (exact) mass is 293 g/mol. The summed E-state index contributed by atoms with van der Waals surface area (Å²) in [4.78, 5) is 11.2. The zero-order valence-electron chi connectivity index (χ0n) is 10.00. The first-order valence-corrected chi connectivity index (χ1v) is 6.73. The Morgan fingerprint density at radius 3 is 2.32 bits per heavy atom. The van der Waals surface area contributed by atoms with E-state index in [4.69, 9.17) is 0 Å². The number of amides is 1. The minimum atomic E-state index is -4.64. The van der Waals surface area contributed by atoms with E-state index in [2.05, 4.69) is 5.32 Å². The average molecular weight is 293 g/mol. The Hall–Kier alpha value is -1.57. The van der Waals surface area contributed by atoms with Gasteiger partial charge in [-0.3, -0.25) is 4.79 Å². The third-order valence-corrected chi connectivity index (χ3v) is 5.51. The van der Waals surface area contributed by atoms with E-state index >= 15 is 0 Å². The van der Waals surface area contributed by atoms with Crippen LogP contribution in [0.5, 0.6) is 0 Å². The first-order chi connectivity index (χ1) is 8.48. The molecule has 0 unspecified atom stereocenters. The second-order valence-electron chi connectivity index (χ2n) is 4.68. The van der Waals surface area contributed by atoms with E-state index < -0.39 is 37.1 Å². The number of rotatable bonds is 0. The molecule has 0 fully saturated rings. The Labute approximate surface area is 107 Å². The average Bonchev–Trinajstić information content (AvgIpc) is 2.25. The highest BCUT2D eigenvalue weighted by molar-refractivity contribution is 7.94. The summed E-state index contributed by atoms with van der Waals surface area (Å²) in [6, 6.07) is 2.22. The number of nitrogens with one attached hydrogen (secondary N) is 1. The Balaban J connectivity index is 2.73. The van der Waals surface area contributed by atoms with Gasteiger partial charge in [-0.15, -0.1) is 0 Å². The third-order valence-electron chi connectivity index (χ3n) is 3.07. The molecule has 1 amide bonds. The molecule has 1 heterocycles. The van der Waals surface area contributed by atoms with Crippen molar-refractivity contribution < 1.29 is 26.4 Å². The lowest BCUT2D eigenvalue weighted by molar-refractivity contribution is -0.137. The van der Waals surface area contributed by atoms with Gasteiger partial charge in [0.05, 0.1) is 16.1 Å². The molecule has 1 aliphatic heterocycles. The maximum Gasteiger partial charge on any atom is 0.416 e. The zero-order valence-corrected chi connectivity index (χ0v) is 10.8. The zero-order chi connectivity index (χ0) is 14.6. The topological polar surface area (TPSA) is 63.2 Å². The van der Waals surface area contributed by atoms with Crippen molar-refractivity contribution >= 4 is 21.4 Å². The Morgan fingerprint density at radius 2 is 1.79 bits per heavy atom. The van der Waals surface area contributed by atoms with Gasteiger partial charge in [0.25, 0.3) is 0 Å². The molecular formula is C11H10F3NO3S. The number of carbonyl (C=O) groups excluding carboxylic acids is 1. The first-order valence-electron chi connectivity index (χ1n) is 5.25. The van der Waals surface area contributed by atoms with Crippen LogP contribution in [-0.4, -0.2) is 19.1 Å². The van der Waals surface area contributed by atoms with E-state index in [0.29, 0.717) is 6.07 Å². The third kappa shape index (κ3) is 1.90. The maximum absolute atomic E-state index is 12.6. The number of sulfone groups is 1. The summed E-state index contributed by atoms with van der Waals surface area (Å²) in [5, 5.41) is 2.30. The number of anilines is 1. The van der Waals surface area contributed by atoms with E-state index in [1.807, 2.05) is 0 Å². The molecule has 0 aliphatic carbocycles. The molecule has 0 saturated heterocycles. The van der Waals surface area contributed by atoms with Crippen LogP contribution in [0.25, 0.3) is 0 Å².